The average Bonchev–Trinajstić information content (AvgIpc) is 2.75. The summed E-state index contributed by atoms with van der Waals surface area (Å²) in [7, 11) is 0. The van der Waals surface area contributed by atoms with E-state index < -0.39 is 6.10 Å². The fourth-order valence-electron chi connectivity index (χ4n) is 3.16. The summed E-state index contributed by atoms with van der Waals surface area (Å²) in [6, 6.07) is 15.6. The molecule has 2 amide bonds. The molecule has 23 heavy (non-hydrogen) atoms. The van der Waals surface area contributed by atoms with Gasteiger partial charge in [-0.1, -0.05) is 24.3 Å². The summed E-state index contributed by atoms with van der Waals surface area (Å²) in [4.78, 5) is 26.0. The van der Waals surface area contributed by atoms with E-state index in [2.05, 4.69) is 0 Å². The first-order valence-electron chi connectivity index (χ1n) is 7.55. The lowest BCUT2D eigenvalue weighted by atomic mass is 9.99. The molecule has 114 valence electrons. The van der Waals surface area contributed by atoms with Crippen LogP contribution in [0.25, 0.3) is 21.5 Å². The molecule has 0 saturated carbocycles. The maximum Gasteiger partial charge on any atom is 0.261 e. The summed E-state index contributed by atoms with van der Waals surface area (Å²) in [5.41, 5.74) is 0.830. The molecule has 0 spiro atoms. The highest BCUT2D eigenvalue weighted by Gasteiger charge is 2.36. The van der Waals surface area contributed by atoms with Crippen molar-refractivity contribution in [1.82, 2.24) is 4.90 Å². The molecule has 0 unspecified atom stereocenters. The fourth-order valence-corrected chi connectivity index (χ4v) is 3.16. The first-order chi connectivity index (χ1) is 11.0. The number of aliphatic hydroxyl groups excluding tert-OH is 1. The summed E-state index contributed by atoms with van der Waals surface area (Å²) in [5.74, 6) is -0.665. The first kappa shape index (κ1) is 13.9. The van der Waals surface area contributed by atoms with Crippen molar-refractivity contribution >= 4 is 33.4 Å². The van der Waals surface area contributed by atoms with E-state index in [-0.39, 0.29) is 18.4 Å². The number of benzene rings is 3. The highest BCUT2D eigenvalue weighted by atomic mass is 16.3. The molecule has 0 aromatic heterocycles. The Hall–Kier alpha value is -2.72. The number of imide groups is 1. The maximum atomic E-state index is 12.4. The van der Waals surface area contributed by atoms with Gasteiger partial charge in [0.25, 0.3) is 11.8 Å². The van der Waals surface area contributed by atoms with Gasteiger partial charge in [0.1, 0.15) is 0 Å². The van der Waals surface area contributed by atoms with Crippen molar-refractivity contribution in [3.05, 3.63) is 59.7 Å². The summed E-state index contributed by atoms with van der Waals surface area (Å²) in [6.07, 6.45) is -0.741. The van der Waals surface area contributed by atoms with Crippen LogP contribution in [-0.2, 0) is 0 Å². The molecule has 4 heteroatoms. The van der Waals surface area contributed by atoms with Gasteiger partial charge in [0.2, 0.25) is 0 Å². The van der Waals surface area contributed by atoms with E-state index in [9.17, 15) is 14.7 Å². The standard InChI is InChI=1S/C19H15NO3/c1-11(21)10-20-18(22)16-8-14-6-12-4-2-3-5-13(12)7-15(14)9-17(16)19(20)23/h2-9,11,21H,10H2,1H3/t11-/m0/s1. The second-order valence-electron chi connectivity index (χ2n) is 6.01. The second-order valence-corrected chi connectivity index (χ2v) is 6.01. The summed E-state index contributed by atoms with van der Waals surface area (Å²) in [5, 5.41) is 13.6. The van der Waals surface area contributed by atoms with Crippen LogP contribution < -0.4 is 0 Å². The SMILES string of the molecule is C[C@H](O)CN1C(=O)c2cc3cc4ccccc4cc3cc2C1=O. The number of carbonyl (C=O) groups excluding carboxylic acids is 2. The predicted molar refractivity (Wildman–Crippen MR) is 88.5 cm³/mol. The maximum absolute atomic E-state index is 12.4. The Morgan fingerprint density at radius 2 is 1.35 bits per heavy atom. The molecule has 3 aromatic rings. The normalized spacial score (nSPS) is 15.5. The summed E-state index contributed by atoms with van der Waals surface area (Å²) >= 11 is 0. The van der Waals surface area contributed by atoms with Crippen LogP contribution in [0, 0.1) is 0 Å². The largest absolute Gasteiger partial charge is 0.392 e. The van der Waals surface area contributed by atoms with E-state index in [0.29, 0.717) is 11.1 Å². The molecule has 0 saturated heterocycles. The van der Waals surface area contributed by atoms with E-state index in [1.54, 1.807) is 19.1 Å². The molecule has 1 N–H and O–H groups in total. The Bertz CT molecular complexity index is 901. The number of fused-ring (bicyclic) bond motifs is 3. The Morgan fingerprint density at radius 1 is 0.870 bits per heavy atom. The minimum Gasteiger partial charge on any atom is -0.392 e. The molecule has 0 fully saturated rings. The second kappa shape index (κ2) is 4.89. The summed E-state index contributed by atoms with van der Waals surface area (Å²) in [6.45, 7) is 1.58. The number of hydrogen-bond donors (Lipinski definition) is 1. The third-order valence-corrected chi connectivity index (χ3v) is 4.24. The molecule has 0 radical (unpaired) electrons. The molecule has 3 aromatic carbocycles. The van der Waals surface area contributed by atoms with Crippen LogP contribution in [0.2, 0.25) is 0 Å². The van der Waals surface area contributed by atoms with E-state index >= 15 is 0 Å². The molecule has 0 aliphatic carbocycles. The number of rotatable bonds is 2. The van der Waals surface area contributed by atoms with Gasteiger partial charge in [-0.3, -0.25) is 14.5 Å². The smallest absolute Gasteiger partial charge is 0.261 e. The number of aliphatic hydroxyl groups is 1. The van der Waals surface area contributed by atoms with E-state index in [4.69, 9.17) is 0 Å². The van der Waals surface area contributed by atoms with Crippen LogP contribution >= 0.6 is 0 Å². The zero-order chi connectivity index (χ0) is 16.1. The first-order valence-corrected chi connectivity index (χ1v) is 7.55. The van der Waals surface area contributed by atoms with Crippen LogP contribution in [0.3, 0.4) is 0 Å². The number of amides is 2. The molecule has 4 rings (SSSR count). The quantitative estimate of drug-likeness (QED) is 0.585. The van der Waals surface area contributed by atoms with Gasteiger partial charge in [-0.05, 0) is 52.7 Å². The Labute approximate surface area is 132 Å². The van der Waals surface area contributed by atoms with Gasteiger partial charge < -0.3 is 5.11 Å². The van der Waals surface area contributed by atoms with Gasteiger partial charge in [-0.25, -0.2) is 0 Å². The molecule has 1 atom stereocenters. The minimum absolute atomic E-state index is 0.0185. The number of β-amino-alcohol motifs (C(OH)–C–C–N with tert-alkyl or cyclic N) is 1. The van der Waals surface area contributed by atoms with Gasteiger partial charge in [0.05, 0.1) is 23.8 Å². The van der Waals surface area contributed by atoms with Gasteiger partial charge >= 0.3 is 0 Å². The van der Waals surface area contributed by atoms with Crippen LogP contribution in [0.1, 0.15) is 27.6 Å². The third kappa shape index (κ3) is 2.11. The van der Waals surface area contributed by atoms with Crippen molar-refractivity contribution in [2.45, 2.75) is 13.0 Å². The lowest BCUT2D eigenvalue weighted by Gasteiger charge is -2.15. The van der Waals surface area contributed by atoms with Crippen LogP contribution in [0.4, 0.5) is 0 Å². The van der Waals surface area contributed by atoms with Crippen LogP contribution in [0.5, 0.6) is 0 Å². The lowest BCUT2D eigenvalue weighted by Crippen LogP contribution is -2.35. The van der Waals surface area contributed by atoms with Crippen molar-refractivity contribution in [2.24, 2.45) is 0 Å². The summed E-state index contributed by atoms with van der Waals surface area (Å²) < 4.78 is 0. The highest BCUT2D eigenvalue weighted by molar-refractivity contribution is 6.23. The minimum atomic E-state index is -0.741. The monoisotopic (exact) mass is 305 g/mol. The van der Waals surface area contributed by atoms with E-state index in [1.807, 2.05) is 36.4 Å². The Kier molecular flexibility index (Phi) is 2.96. The third-order valence-electron chi connectivity index (χ3n) is 4.24. The van der Waals surface area contributed by atoms with Gasteiger partial charge in [0, 0.05) is 0 Å². The molecular formula is C19H15NO3. The average molecular weight is 305 g/mol. The van der Waals surface area contributed by atoms with E-state index in [0.717, 1.165) is 26.4 Å². The molecule has 1 aliphatic heterocycles. The predicted octanol–water partition coefficient (Wildman–Crippen LogP) is 2.97. The van der Waals surface area contributed by atoms with Crippen molar-refractivity contribution < 1.29 is 14.7 Å². The Balaban J connectivity index is 1.92. The fraction of sp³-hybridized carbons (Fsp3) is 0.158. The Morgan fingerprint density at radius 3 is 1.78 bits per heavy atom. The lowest BCUT2D eigenvalue weighted by molar-refractivity contribution is 0.0563. The van der Waals surface area contributed by atoms with Gasteiger partial charge in [0.15, 0.2) is 0 Å². The topological polar surface area (TPSA) is 57.6 Å². The van der Waals surface area contributed by atoms with Crippen LogP contribution in [-0.4, -0.2) is 34.5 Å². The van der Waals surface area contributed by atoms with Gasteiger partial charge in [-0.15, -0.1) is 0 Å². The molecular weight excluding hydrogens is 290 g/mol. The van der Waals surface area contributed by atoms with Crippen LogP contribution in [0.15, 0.2) is 48.5 Å². The van der Waals surface area contributed by atoms with Crippen molar-refractivity contribution in [3.63, 3.8) is 0 Å². The van der Waals surface area contributed by atoms with E-state index in [1.165, 1.54) is 0 Å². The number of carbonyl (C=O) groups is 2. The molecule has 1 aliphatic rings. The number of hydrogen-bond acceptors (Lipinski definition) is 3. The molecule has 4 nitrogen and oxygen atoms in total. The van der Waals surface area contributed by atoms with Gasteiger partial charge in [-0.2, -0.15) is 0 Å². The van der Waals surface area contributed by atoms with Crippen molar-refractivity contribution in [2.75, 3.05) is 6.54 Å². The molecule has 0 bridgehead atoms. The zero-order valence-corrected chi connectivity index (χ0v) is 12.6. The zero-order valence-electron chi connectivity index (χ0n) is 12.6. The highest BCUT2D eigenvalue weighted by Crippen LogP contribution is 2.30. The molecule has 1 heterocycles. The van der Waals surface area contributed by atoms with Crippen molar-refractivity contribution in [3.8, 4) is 0 Å². The van der Waals surface area contributed by atoms with Crippen molar-refractivity contribution in [1.29, 1.82) is 0 Å². The number of nitrogens with zero attached hydrogens (tertiary/aromatic N) is 1.